The van der Waals surface area contributed by atoms with Crippen LogP contribution in [0, 0.1) is 13.0 Å². The molecular formula is C13H13INY-. The van der Waals surface area contributed by atoms with Crippen molar-refractivity contribution in [2.45, 2.75) is 17.3 Å². The van der Waals surface area contributed by atoms with Gasteiger partial charge in [0.1, 0.15) is 0 Å². The molecule has 0 bridgehead atoms. The molecule has 81 valence electrons. The van der Waals surface area contributed by atoms with Crippen LogP contribution in [0.25, 0.3) is 5.70 Å². The SMILES string of the molecule is C=C1NC(c2ccc(C)cc2)=[C-]CC1I.[Y]. The van der Waals surface area contributed by atoms with Crippen molar-refractivity contribution in [1.29, 1.82) is 0 Å². The Balaban J connectivity index is 0.00000128. The second-order valence-corrected chi connectivity index (χ2v) is 5.24. The summed E-state index contributed by atoms with van der Waals surface area (Å²) >= 11 is 2.38. The molecule has 1 heterocycles. The molecule has 1 N–H and O–H groups in total. The molecule has 1 nitrogen and oxygen atoms in total. The normalized spacial score (nSPS) is 19.5. The third-order valence-electron chi connectivity index (χ3n) is 2.46. The van der Waals surface area contributed by atoms with E-state index in [0.717, 1.165) is 17.8 Å². The van der Waals surface area contributed by atoms with Gasteiger partial charge in [-0.1, -0.05) is 53.3 Å². The van der Waals surface area contributed by atoms with Crippen LogP contribution in [-0.4, -0.2) is 3.92 Å². The summed E-state index contributed by atoms with van der Waals surface area (Å²) in [4.78, 5) is 0. The Morgan fingerprint density at radius 2 is 2.00 bits per heavy atom. The van der Waals surface area contributed by atoms with Crippen molar-refractivity contribution in [3.63, 3.8) is 0 Å². The average molecular weight is 399 g/mol. The molecule has 0 fully saturated rings. The van der Waals surface area contributed by atoms with Crippen LogP contribution in [-0.2, 0) is 32.7 Å². The summed E-state index contributed by atoms with van der Waals surface area (Å²) in [6.45, 7) is 6.10. The number of alkyl halides is 1. The summed E-state index contributed by atoms with van der Waals surface area (Å²) in [5.41, 5.74) is 4.60. The smallest absolute Gasteiger partial charge is 0.0379 e. The zero-order valence-corrected chi connectivity index (χ0v) is 14.3. The molecule has 1 aliphatic heterocycles. The molecule has 0 saturated heterocycles. The van der Waals surface area contributed by atoms with Crippen LogP contribution in [0.2, 0.25) is 0 Å². The van der Waals surface area contributed by atoms with E-state index in [1.165, 1.54) is 11.1 Å². The summed E-state index contributed by atoms with van der Waals surface area (Å²) in [6, 6.07) is 8.46. The van der Waals surface area contributed by atoms with Gasteiger partial charge in [-0.15, -0.1) is 17.8 Å². The first kappa shape index (κ1) is 14.4. The zero-order valence-electron chi connectivity index (χ0n) is 9.26. The van der Waals surface area contributed by atoms with Gasteiger partial charge < -0.3 is 5.32 Å². The summed E-state index contributed by atoms with van der Waals surface area (Å²) in [5, 5.41) is 3.31. The first-order valence-electron chi connectivity index (χ1n) is 4.94. The Morgan fingerprint density at radius 3 is 2.56 bits per heavy atom. The fourth-order valence-electron chi connectivity index (χ4n) is 1.49. The van der Waals surface area contributed by atoms with E-state index in [9.17, 15) is 0 Å². The first-order valence-corrected chi connectivity index (χ1v) is 6.19. The van der Waals surface area contributed by atoms with E-state index in [2.05, 4.69) is 71.8 Å². The minimum atomic E-state index is 0. The maximum atomic E-state index is 4.01. The van der Waals surface area contributed by atoms with Crippen LogP contribution >= 0.6 is 22.6 Å². The van der Waals surface area contributed by atoms with Gasteiger partial charge in [-0.05, 0) is 6.92 Å². The van der Waals surface area contributed by atoms with Gasteiger partial charge in [-0.2, -0.15) is 5.56 Å². The van der Waals surface area contributed by atoms with Gasteiger partial charge in [0.15, 0.2) is 0 Å². The number of hydrogen-bond donors (Lipinski definition) is 1. The van der Waals surface area contributed by atoms with E-state index in [0.29, 0.717) is 3.92 Å². The number of halogens is 1. The molecule has 0 aromatic heterocycles. The molecule has 2 rings (SSSR count). The summed E-state index contributed by atoms with van der Waals surface area (Å²) in [5.74, 6) is 0. The predicted octanol–water partition coefficient (Wildman–Crippen LogP) is 3.45. The molecule has 1 aliphatic rings. The minimum Gasteiger partial charge on any atom is -0.393 e. The van der Waals surface area contributed by atoms with Crippen molar-refractivity contribution in [2.24, 2.45) is 0 Å². The molecular weight excluding hydrogens is 386 g/mol. The molecule has 3 heteroatoms. The van der Waals surface area contributed by atoms with Crippen molar-refractivity contribution in [2.75, 3.05) is 0 Å². The van der Waals surface area contributed by atoms with Crippen LogP contribution < -0.4 is 5.32 Å². The molecule has 0 saturated carbocycles. The van der Waals surface area contributed by atoms with Gasteiger partial charge in [0.05, 0.1) is 0 Å². The van der Waals surface area contributed by atoms with Gasteiger partial charge in [0.2, 0.25) is 0 Å². The minimum absolute atomic E-state index is 0. The first-order chi connectivity index (χ1) is 7.16. The molecule has 1 atom stereocenters. The molecule has 16 heavy (non-hydrogen) atoms. The summed E-state index contributed by atoms with van der Waals surface area (Å²) in [6.07, 6.45) is 4.31. The molecule has 1 aromatic carbocycles. The predicted molar refractivity (Wildman–Crippen MR) is 72.5 cm³/mol. The maximum absolute atomic E-state index is 4.01. The number of benzene rings is 1. The van der Waals surface area contributed by atoms with E-state index >= 15 is 0 Å². The Bertz CT molecular complexity index is 408. The zero-order chi connectivity index (χ0) is 10.8. The Kier molecular flexibility index (Phi) is 5.68. The number of rotatable bonds is 1. The van der Waals surface area contributed by atoms with E-state index in [1.807, 2.05) is 0 Å². The molecule has 0 amide bonds. The largest absolute Gasteiger partial charge is 0.393 e. The quantitative estimate of drug-likeness (QED) is 0.434. The average Bonchev–Trinajstić information content (AvgIpc) is 2.23. The maximum Gasteiger partial charge on any atom is 0.0379 e. The summed E-state index contributed by atoms with van der Waals surface area (Å²) in [7, 11) is 0. The van der Waals surface area contributed by atoms with Gasteiger partial charge in [-0.25, -0.2) is 6.08 Å². The molecule has 1 unspecified atom stereocenters. The third kappa shape index (κ3) is 3.41. The Hall–Kier alpha value is 0.334. The van der Waals surface area contributed by atoms with Gasteiger partial charge in [-0.3, -0.25) is 0 Å². The Labute approximate surface area is 136 Å². The van der Waals surface area contributed by atoms with Crippen molar-refractivity contribution < 1.29 is 32.7 Å². The molecule has 0 aliphatic carbocycles. The molecule has 1 aromatic rings. The number of hydrogen-bond acceptors (Lipinski definition) is 1. The number of allylic oxidation sites excluding steroid dienone is 2. The summed E-state index contributed by atoms with van der Waals surface area (Å²) < 4.78 is 0.455. The molecule has 0 spiro atoms. The van der Waals surface area contributed by atoms with E-state index in [1.54, 1.807) is 0 Å². The van der Waals surface area contributed by atoms with E-state index in [-0.39, 0.29) is 32.7 Å². The fraction of sp³-hybridized carbons (Fsp3) is 0.231. The Morgan fingerprint density at radius 1 is 1.38 bits per heavy atom. The monoisotopic (exact) mass is 399 g/mol. The third-order valence-corrected chi connectivity index (χ3v) is 3.65. The van der Waals surface area contributed by atoms with Crippen molar-refractivity contribution in [3.8, 4) is 0 Å². The number of aryl methyl sites for hydroxylation is 1. The van der Waals surface area contributed by atoms with Crippen molar-refractivity contribution in [1.82, 2.24) is 5.32 Å². The van der Waals surface area contributed by atoms with Crippen LogP contribution in [0.3, 0.4) is 0 Å². The molecule has 1 radical (unpaired) electrons. The van der Waals surface area contributed by atoms with Crippen LogP contribution in [0.5, 0.6) is 0 Å². The van der Waals surface area contributed by atoms with E-state index in [4.69, 9.17) is 0 Å². The van der Waals surface area contributed by atoms with Crippen molar-refractivity contribution >= 4 is 28.3 Å². The van der Waals surface area contributed by atoms with Gasteiger partial charge in [0, 0.05) is 42.3 Å². The van der Waals surface area contributed by atoms with Gasteiger partial charge >= 0.3 is 0 Å². The van der Waals surface area contributed by atoms with Gasteiger partial charge in [0.25, 0.3) is 0 Å². The van der Waals surface area contributed by atoms with Crippen LogP contribution in [0.4, 0.5) is 0 Å². The van der Waals surface area contributed by atoms with Crippen LogP contribution in [0.1, 0.15) is 17.5 Å². The topological polar surface area (TPSA) is 12.0 Å². The fourth-order valence-corrected chi connectivity index (χ4v) is 1.87. The second kappa shape index (κ2) is 6.32. The number of nitrogens with one attached hydrogen (secondary N) is 1. The van der Waals surface area contributed by atoms with Crippen LogP contribution in [0.15, 0.2) is 36.5 Å². The second-order valence-electron chi connectivity index (χ2n) is 3.74. The standard InChI is InChI=1S/C13H13IN.Y/c1-9-3-5-11(6-4-9)13-8-7-12(14)10(2)15-13;/h3-6,12,15H,2,7H2,1H3;/q-1;. The van der Waals surface area contributed by atoms with Crippen molar-refractivity contribution in [3.05, 3.63) is 53.7 Å². The van der Waals surface area contributed by atoms with E-state index < -0.39 is 0 Å².